The highest BCUT2D eigenvalue weighted by molar-refractivity contribution is 5.89. The van der Waals surface area contributed by atoms with E-state index in [1.54, 1.807) is 9.80 Å². The number of carbonyl (C=O) groups excluding carboxylic acids is 4. The molecule has 4 atom stereocenters. The minimum absolute atomic E-state index is 0.104. The number of aromatic nitrogens is 4. The fourth-order valence-corrected chi connectivity index (χ4v) is 9.43. The Morgan fingerprint density at radius 1 is 0.594 bits per heavy atom. The second-order valence-corrected chi connectivity index (χ2v) is 18.1. The first-order valence-corrected chi connectivity index (χ1v) is 22.4. The van der Waals surface area contributed by atoms with Gasteiger partial charge in [-0.15, -0.1) is 0 Å². The van der Waals surface area contributed by atoms with Crippen LogP contribution in [-0.4, -0.2) is 93.1 Å². The van der Waals surface area contributed by atoms with Crippen LogP contribution in [0.2, 0.25) is 0 Å². The molecule has 0 spiro atoms. The number of rotatable bonds is 10. The van der Waals surface area contributed by atoms with E-state index in [-0.39, 0.29) is 35.7 Å². The number of imidazole rings is 2. The van der Waals surface area contributed by atoms with E-state index in [0.717, 1.165) is 83.4 Å². The van der Waals surface area contributed by atoms with Crippen molar-refractivity contribution in [2.45, 2.75) is 90.4 Å². The van der Waals surface area contributed by atoms with Gasteiger partial charge >= 0.3 is 12.2 Å². The summed E-state index contributed by atoms with van der Waals surface area (Å²) >= 11 is 0. The van der Waals surface area contributed by atoms with Gasteiger partial charge in [0.1, 0.15) is 23.7 Å². The maximum Gasteiger partial charge on any atom is 0.407 e. The van der Waals surface area contributed by atoms with Gasteiger partial charge in [0.05, 0.1) is 48.4 Å². The van der Waals surface area contributed by atoms with Crippen LogP contribution in [0.15, 0.2) is 72.8 Å². The van der Waals surface area contributed by atoms with Crippen LogP contribution in [-0.2, 0) is 44.7 Å². The average Bonchev–Trinajstić information content (AvgIpc) is 3.86. The van der Waals surface area contributed by atoms with E-state index in [1.165, 1.54) is 47.6 Å². The first-order valence-electron chi connectivity index (χ1n) is 22.4. The monoisotopic (exact) mass is 864 g/mol. The standard InChI is InChI=1S/C50H56N8O6/c1-27(2)43(55-49(61)63-5)47(59)57-21-19-41(57)45-51-37-17-15-33(25-39(37)53-45)35-23-29-7-11-31(35)13-9-30-8-12-32(14-10-29)36(24-30)34-16-18-38-40(26-34)54-46(52-38)42-20-22-58(42)48(60)44(28(3)4)56-50(62)64-6/h7-8,11-12,15-18,23-28,41-44H,9-10,13-14,19-22H2,1-6H3,(H,51,53)(H,52,54)(H,55,61)(H,56,62)/t41-,42-,43-,44-/m0/s1. The molecular formula is C50H56N8O6. The number of fused-ring (bicyclic) bond motifs is 2. The fourth-order valence-electron chi connectivity index (χ4n) is 9.43. The maximum absolute atomic E-state index is 13.6. The number of alkyl carbamates (subject to hydrolysis) is 2. The van der Waals surface area contributed by atoms with Gasteiger partial charge in [0.2, 0.25) is 11.8 Å². The summed E-state index contributed by atoms with van der Waals surface area (Å²) in [6.45, 7) is 8.84. The van der Waals surface area contributed by atoms with E-state index in [2.05, 4.69) is 93.4 Å². The number of ether oxygens (including phenoxy) is 2. The summed E-state index contributed by atoms with van der Waals surface area (Å²) in [7, 11) is 2.60. The number of hydrogen-bond acceptors (Lipinski definition) is 8. The van der Waals surface area contributed by atoms with Crippen LogP contribution in [0, 0.1) is 11.8 Å². The van der Waals surface area contributed by atoms with Crippen LogP contribution in [0.1, 0.15) is 86.5 Å². The number of benzene rings is 4. The van der Waals surface area contributed by atoms with E-state index < -0.39 is 24.3 Å². The molecule has 14 nitrogen and oxygen atoms in total. The molecule has 2 aromatic heterocycles. The molecule has 6 aliphatic rings. The Hall–Kier alpha value is -6.70. The minimum Gasteiger partial charge on any atom is -0.453 e. The quantitative estimate of drug-likeness (QED) is 0.107. The predicted octanol–water partition coefficient (Wildman–Crippen LogP) is 7.97. The molecule has 6 aromatic rings. The molecule has 4 aromatic carbocycles. The van der Waals surface area contributed by atoms with E-state index in [1.807, 2.05) is 27.7 Å². The van der Waals surface area contributed by atoms with E-state index >= 15 is 0 Å². The van der Waals surface area contributed by atoms with Crippen molar-refractivity contribution in [1.82, 2.24) is 40.4 Å². The molecule has 2 fully saturated rings. The van der Waals surface area contributed by atoms with Gasteiger partial charge in [-0.2, -0.15) is 0 Å². The normalized spacial score (nSPS) is 18.0. The van der Waals surface area contributed by atoms with Crippen molar-refractivity contribution in [3.05, 3.63) is 107 Å². The van der Waals surface area contributed by atoms with Gasteiger partial charge in [0.25, 0.3) is 0 Å². The zero-order valence-corrected chi connectivity index (χ0v) is 37.3. The van der Waals surface area contributed by atoms with Crippen molar-refractivity contribution < 1.29 is 28.7 Å². The van der Waals surface area contributed by atoms with Crippen LogP contribution in [0.3, 0.4) is 0 Å². The first-order chi connectivity index (χ1) is 30.9. The maximum atomic E-state index is 13.6. The molecule has 4 amide bonds. The molecule has 0 radical (unpaired) electrons. The van der Waals surface area contributed by atoms with Crippen molar-refractivity contribution in [3.8, 4) is 22.3 Å². The van der Waals surface area contributed by atoms with Crippen LogP contribution in [0.4, 0.5) is 9.59 Å². The van der Waals surface area contributed by atoms with Gasteiger partial charge in [-0.05, 0) is 119 Å². The van der Waals surface area contributed by atoms with Crippen LogP contribution < -0.4 is 10.6 Å². The summed E-state index contributed by atoms with van der Waals surface area (Å²) in [5, 5.41) is 5.42. The number of H-pyrrole nitrogens is 2. The summed E-state index contributed by atoms with van der Waals surface area (Å²) in [6, 6.07) is 24.8. The van der Waals surface area contributed by atoms with Crippen molar-refractivity contribution >= 4 is 46.1 Å². The van der Waals surface area contributed by atoms with Crippen LogP contribution >= 0.6 is 0 Å². The molecule has 12 rings (SSSR count). The number of nitrogens with one attached hydrogen (secondary N) is 4. The molecule has 64 heavy (non-hydrogen) atoms. The van der Waals surface area contributed by atoms with Crippen LogP contribution in [0.25, 0.3) is 44.3 Å². The third-order valence-electron chi connectivity index (χ3n) is 13.4. The number of aryl methyl sites for hydroxylation is 4. The summed E-state index contributed by atoms with van der Waals surface area (Å²) in [4.78, 5) is 71.7. The Morgan fingerprint density at radius 3 is 1.38 bits per heavy atom. The molecule has 14 heteroatoms. The molecule has 4 aliphatic carbocycles. The largest absolute Gasteiger partial charge is 0.453 e. The van der Waals surface area contributed by atoms with Gasteiger partial charge in [0, 0.05) is 13.1 Å². The smallest absolute Gasteiger partial charge is 0.407 e. The van der Waals surface area contributed by atoms with E-state index in [4.69, 9.17) is 19.4 Å². The van der Waals surface area contributed by atoms with Crippen molar-refractivity contribution in [1.29, 1.82) is 0 Å². The molecule has 0 saturated carbocycles. The van der Waals surface area contributed by atoms with Crippen molar-refractivity contribution in [3.63, 3.8) is 0 Å². The number of hydrogen-bond donors (Lipinski definition) is 4. The number of amides is 4. The number of nitrogens with zero attached hydrogens (tertiary/aromatic N) is 4. The third-order valence-corrected chi connectivity index (χ3v) is 13.4. The molecule has 332 valence electrons. The van der Waals surface area contributed by atoms with Crippen LogP contribution in [0.5, 0.6) is 0 Å². The van der Waals surface area contributed by atoms with Gasteiger partial charge in [0.15, 0.2) is 0 Å². The van der Waals surface area contributed by atoms with Crippen molar-refractivity contribution in [2.75, 3.05) is 27.3 Å². The summed E-state index contributed by atoms with van der Waals surface area (Å²) < 4.78 is 9.57. The Labute approximate surface area is 372 Å². The Morgan fingerprint density at radius 2 is 1.02 bits per heavy atom. The predicted molar refractivity (Wildman–Crippen MR) is 244 cm³/mol. The molecule has 2 saturated heterocycles. The topological polar surface area (TPSA) is 175 Å². The highest BCUT2D eigenvalue weighted by Crippen LogP contribution is 2.38. The van der Waals surface area contributed by atoms with E-state index in [0.29, 0.717) is 13.1 Å². The number of aromatic amines is 2. The first kappa shape index (κ1) is 42.6. The fraction of sp³-hybridized carbons (Fsp3) is 0.400. The molecule has 2 aliphatic heterocycles. The van der Waals surface area contributed by atoms with Gasteiger partial charge in [-0.25, -0.2) is 19.6 Å². The van der Waals surface area contributed by atoms with Crippen molar-refractivity contribution in [2.24, 2.45) is 11.8 Å². The lowest BCUT2D eigenvalue weighted by molar-refractivity contribution is -0.143. The summed E-state index contributed by atoms with van der Waals surface area (Å²) in [6.07, 6.45) is 3.80. The number of methoxy groups -OCH3 is 2. The Kier molecular flexibility index (Phi) is 11.6. The lowest BCUT2D eigenvalue weighted by atomic mass is 9.87. The summed E-state index contributed by atoms with van der Waals surface area (Å²) in [5.74, 6) is 1.01. The van der Waals surface area contributed by atoms with Gasteiger partial charge in [-0.3, -0.25) is 9.59 Å². The second kappa shape index (κ2) is 17.5. The zero-order valence-electron chi connectivity index (χ0n) is 37.3. The van der Waals surface area contributed by atoms with E-state index in [9.17, 15) is 19.2 Å². The molecule has 4 N–H and O–H groups in total. The minimum atomic E-state index is -0.685. The zero-order chi connectivity index (χ0) is 44.8. The highest BCUT2D eigenvalue weighted by Gasteiger charge is 2.41. The Balaban J connectivity index is 0.928. The highest BCUT2D eigenvalue weighted by atomic mass is 16.5. The second-order valence-electron chi connectivity index (χ2n) is 18.1. The third kappa shape index (κ3) is 8.17. The number of likely N-dealkylation sites (tertiary alicyclic amines) is 2. The van der Waals surface area contributed by atoms with Gasteiger partial charge < -0.3 is 39.9 Å². The van der Waals surface area contributed by atoms with Gasteiger partial charge in [-0.1, -0.05) is 76.2 Å². The molecule has 4 heterocycles. The molecule has 0 unspecified atom stereocenters. The lowest BCUT2D eigenvalue weighted by Crippen LogP contribution is -2.56. The SMILES string of the molecule is COC(=O)N[C@H](C(=O)N1CC[C@H]1c1nc2ccc(-c3cc4ccc3CCc3ccc(c(-c5ccc6nc([C@@H]7CCN7C(=O)[C@@H](NC(=O)OC)C(C)C)[nH]c6c5)c3)CC4)cc2[nH]1)C(C)C. The number of carbonyl (C=O) groups is 4. The summed E-state index contributed by atoms with van der Waals surface area (Å²) in [5.41, 5.74) is 13.3. The average molecular weight is 865 g/mol. The molecule has 4 bridgehead atoms. The lowest BCUT2D eigenvalue weighted by Gasteiger charge is -2.42. The molecular weight excluding hydrogens is 809 g/mol. The Bertz CT molecular complexity index is 2590.